The standard InChI is InChI=1S/C23H29FN4O4/c1-2-19(29)26-11-8-23(9-12-26)21(31)28(22(32)25-23)18-7-4-10-27(15-18)20(30)14-16-5-3-6-17(24)13-16/h3,5-6,13,18H,2,4,7-12,14-15H2,1H3,(H,25,32)/t18-/m1/s1. The van der Waals surface area contributed by atoms with Crippen LogP contribution in [0.15, 0.2) is 24.3 Å². The third-order valence-corrected chi connectivity index (χ3v) is 6.82. The number of nitrogens with one attached hydrogen (secondary N) is 1. The Balaban J connectivity index is 1.41. The van der Waals surface area contributed by atoms with Crippen molar-refractivity contribution in [2.45, 2.75) is 57.0 Å². The topological polar surface area (TPSA) is 90.0 Å². The second-order valence-corrected chi connectivity index (χ2v) is 8.86. The molecule has 0 radical (unpaired) electrons. The molecule has 0 aliphatic carbocycles. The molecule has 1 aromatic rings. The smallest absolute Gasteiger partial charge is 0.325 e. The zero-order valence-corrected chi connectivity index (χ0v) is 18.3. The molecule has 9 heteroatoms. The van der Waals surface area contributed by atoms with Crippen LogP contribution < -0.4 is 5.32 Å². The summed E-state index contributed by atoms with van der Waals surface area (Å²) in [6.45, 7) is 3.52. The lowest BCUT2D eigenvalue weighted by molar-refractivity contribution is -0.141. The summed E-state index contributed by atoms with van der Waals surface area (Å²) in [6, 6.07) is 5.15. The van der Waals surface area contributed by atoms with Gasteiger partial charge in [-0.05, 0) is 43.4 Å². The van der Waals surface area contributed by atoms with Crippen molar-refractivity contribution < 1.29 is 23.6 Å². The molecule has 0 unspecified atom stereocenters. The fourth-order valence-electron chi connectivity index (χ4n) is 5.00. The first kappa shape index (κ1) is 22.2. The molecule has 8 nitrogen and oxygen atoms in total. The fourth-order valence-corrected chi connectivity index (χ4v) is 5.00. The monoisotopic (exact) mass is 444 g/mol. The Hall–Kier alpha value is -2.97. The lowest BCUT2D eigenvalue weighted by atomic mass is 9.87. The molecule has 0 saturated carbocycles. The highest BCUT2D eigenvalue weighted by Gasteiger charge is 2.54. The molecule has 32 heavy (non-hydrogen) atoms. The number of likely N-dealkylation sites (tertiary alicyclic amines) is 2. The highest BCUT2D eigenvalue weighted by molar-refractivity contribution is 6.07. The van der Waals surface area contributed by atoms with E-state index in [1.54, 1.807) is 28.9 Å². The van der Waals surface area contributed by atoms with Gasteiger partial charge in [-0.15, -0.1) is 0 Å². The lowest BCUT2D eigenvalue weighted by Gasteiger charge is -2.39. The number of carbonyl (C=O) groups excluding carboxylic acids is 4. The van der Waals surface area contributed by atoms with Gasteiger partial charge in [-0.2, -0.15) is 0 Å². The number of hydrogen-bond donors (Lipinski definition) is 1. The van der Waals surface area contributed by atoms with Crippen LogP contribution in [0.4, 0.5) is 9.18 Å². The van der Waals surface area contributed by atoms with Crippen molar-refractivity contribution in [1.29, 1.82) is 0 Å². The summed E-state index contributed by atoms with van der Waals surface area (Å²) in [6.07, 6.45) is 2.61. The van der Waals surface area contributed by atoms with E-state index in [-0.39, 0.29) is 42.5 Å². The molecule has 1 aromatic carbocycles. The van der Waals surface area contributed by atoms with Crippen molar-refractivity contribution in [3.05, 3.63) is 35.6 Å². The van der Waals surface area contributed by atoms with Gasteiger partial charge in [-0.25, -0.2) is 9.18 Å². The van der Waals surface area contributed by atoms with Crippen molar-refractivity contribution >= 4 is 23.8 Å². The highest BCUT2D eigenvalue weighted by Crippen LogP contribution is 2.32. The molecule has 0 bridgehead atoms. The largest absolute Gasteiger partial charge is 0.343 e. The summed E-state index contributed by atoms with van der Waals surface area (Å²) < 4.78 is 13.4. The third kappa shape index (κ3) is 4.20. The maximum atomic E-state index is 13.4. The molecule has 3 aliphatic rings. The maximum absolute atomic E-state index is 13.4. The quantitative estimate of drug-likeness (QED) is 0.716. The van der Waals surface area contributed by atoms with E-state index in [0.717, 1.165) is 0 Å². The van der Waals surface area contributed by atoms with E-state index in [4.69, 9.17) is 0 Å². The van der Waals surface area contributed by atoms with Gasteiger partial charge in [0.1, 0.15) is 11.4 Å². The van der Waals surface area contributed by atoms with E-state index in [1.165, 1.54) is 17.0 Å². The van der Waals surface area contributed by atoms with Crippen LogP contribution in [-0.2, 0) is 20.8 Å². The summed E-state index contributed by atoms with van der Waals surface area (Å²) in [5.41, 5.74) is -0.366. The minimum absolute atomic E-state index is 0.0493. The minimum Gasteiger partial charge on any atom is -0.343 e. The van der Waals surface area contributed by atoms with Gasteiger partial charge in [0, 0.05) is 32.6 Å². The molecule has 3 saturated heterocycles. The van der Waals surface area contributed by atoms with Gasteiger partial charge in [-0.3, -0.25) is 19.3 Å². The van der Waals surface area contributed by atoms with Crippen molar-refractivity contribution in [3.8, 4) is 0 Å². The Kier molecular flexibility index (Phi) is 6.17. The van der Waals surface area contributed by atoms with Crippen LogP contribution >= 0.6 is 0 Å². The average Bonchev–Trinajstić information content (AvgIpc) is 3.02. The molecular formula is C23H29FN4O4. The zero-order chi connectivity index (χ0) is 22.9. The second-order valence-electron chi connectivity index (χ2n) is 8.86. The Bertz CT molecular complexity index is 928. The molecule has 0 aromatic heterocycles. The number of urea groups is 1. The van der Waals surface area contributed by atoms with Crippen LogP contribution in [0.5, 0.6) is 0 Å². The second kappa shape index (κ2) is 8.88. The molecule has 1 spiro atoms. The number of rotatable bonds is 4. The molecule has 5 amide bonds. The normalized spacial score (nSPS) is 22.9. The van der Waals surface area contributed by atoms with E-state index in [0.29, 0.717) is 57.3 Å². The Morgan fingerprint density at radius 3 is 2.56 bits per heavy atom. The van der Waals surface area contributed by atoms with E-state index in [9.17, 15) is 23.6 Å². The average molecular weight is 445 g/mol. The first-order chi connectivity index (χ1) is 15.3. The van der Waals surface area contributed by atoms with E-state index in [1.807, 2.05) is 0 Å². The molecule has 172 valence electrons. The first-order valence-electron chi connectivity index (χ1n) is 11.3. The SMILES string of the molecule is CCC(=O)N1CCC2(CC1)NC(=O)N([C@@H]1CCCN(C(=O)Cc3cccc(F)c3)C1)C2=O. The predicted molar refractivity (Wildman–Crippen MR) is 114 cm³/mol. The van der Waals surface area contributed by atoms with Gasteiger partial charge in [0.2, 0.25) is 11.8 Å². The summed E-state index contributed by atoms with van der Waals surface area (Å²) in [7, 11) is 0. The van der Waals surface area contributed by atoms with Gasteiger partial charge in [0.15, 0.2) is 0 Å². The van der Waals surface area contributed by atoms with Gasteiger partial charge in [0.25, 0.3) is 5.91 Å². The van der Waals surface area contributed by atoms with E-state index in [2.05, 4.69) is 5.32 Å². The Morgan fingerprint density at radius 2 is 1.88 bits per heavy atom. The number of carbonyl (C=O) groups is 4. The molecule has 3 fully saturated rings. The summed E-state index contributed by atoms with van der Waals surface area (Å²) >= 11 is 0. The number of nitrogens with zero attached hydrogens (tertiary/aromatic N) is 3. The van der Waals surface area contributed by atoms with Crippen LogP contribution in [0.25, 0.3) is 0 Å². The van der Waals surface area contributed by atoms with Crippen molar-refractivity contribution in [2.24, 2.45) is 0 Å². The summed E-state index contributed by atoms with van der Waals surface area (Å²) in [4.78, 5) is 55.6. The molecular weight excluding hydrogens is 415 g/mol. The highest BCUT2D eigenvalue weighted by atomic mass is 19.1. The number of hydrogen-bond acceptors (Lipinski definition) is 4. The molecule has 4 rings (SSSR count). The molecule has 1 N–H and O–H groups in total. The number of amides is 5. The van der Waals surface area contributed by atoms with Crippen LogP contribution in [0, 0.1) is 5.82 Å². The fraction of sp³-hybridized carbons (Fsp3) is 0.565. The van der Waals surface area contributed by atoms with Crippen molar-refractivity contribution in [2.75, 3.05) is 26.2 Å². The van der Waals surface area contributed by atoms with Crippen molar-refractivity contribution in [1.82, 2.24) is 20.0 Å². The molecule has 3 heterocycles. The maximum Gasteiger partial charge on any atom is 0.325 e. The predicted octanol–water partition coefficient (Wildman–Crippen LogP) is 1.68. The van der Waals surface area contributed by atoms with Crippen LogP contribution in [0.2, 0.25) is 0 Å². The minimum atomic E-state index is -0.963. The van der Waals surface area contributed by atoms with Crippen LogP contribution in [0.1, 0.15) is 44.6 Å². The van der Waals surface area contributed by atoms with Gasteiger partial charge in [-0.1, -0.05) is 19.1 Å². The zero-order valence-electron chi connectivity index (χ0n) is 18.3. The number of imide groups is 1. The third-order valence-electron chi connectivity index (χ3n) is 6.82. The Labute approximate surface area is 186 Å². The van der Waals surface area contributed by atoms with E-state index < -0.39 is 11.6 Å². The van der Waals surface area contributed by atoms with Gasteiger partial charge >= 0.3 is 6.03 Å². The Morgan fingerprint density at radius 1 is 1.12 bits per heavy atom. The van der Waals surface area contributed by atoms with E-state index >= 15 is 0 Å². The first-order valence-corrected chi connectivity index (χ1v) is 11.3. The molecule has 3 aliphatic heterocycles. The van der Waals surface area contributed by atoms with Crippen LogP contribution in [0.3, 0.4) is 0 Å². The van der Waals surface area contributed by atoms with Crippen molar-refractivity contribution in [3.63, 3.8) is 0 Å². The van der Waals surface area contributed by atoms with Gasteiger partial charge in [0.05, 0.1) is 12.5 Å². The number of benzene rings is 1. The van der Waals surface area contributed by atoms with Gasteiger partial charge < -0.3 is 15.1 Å². The van der Waals surface area contributed by atoms with Crippen LogP contribution in [-0.4, -0.2) is 76.2 Å². The molecule has 1 atom stereocenters. The lowest BCUT2D eigenvalue weighted by Crippen LogP contribution is -2.57. The number of halogens is 1. The summed E-state index contributed by atoms with van der Waals surface area (Å²) in [5, 5.41) is 2.89. The summed E-state index contributed by atoms with van der Waals surface area (Å²) in [5.74, 6) is -0.736. The number of piperidine rings is 2.